The van der Waals surface area contributed by atoms with Gasteiger partial charge < -0.3 is 10.1 Å². The number of amides is 1. The highest BCUT2D eigenvalue weighted by Gasteiger charge is 2.28. The number of rotatable bonds is 5. The van der Waals surface area contributed by atoms with Gasteiger partial charge in [-0.05, 0) is 17.5 Å². The van der Waals surface area contributed by atoms with Crippen LogP contribution >= 0.6 is 0 Å². The third-order valence-corrected chi connectivity index (χ3v) is 4.46. The summed E-state index contributed by atoms with van der Waals surface area (Å²) < 4.78 is 5.23. The number of hydrogen-bond acceptors (Lipinski definition) is 5. The van der Waals surface area contributed by atoms with E-state index in [1.807, 2.05) is 48.5 Å². The molecule has 0 fully saturated rings. The average molecular weight is 359 g/mol. The zero-order valence-electron chi connectivity index (χ0n) is 14.7. The SMILES string of the molecule is COc1ccccc1NCC(=O)NN=C1C(=O)c2cccc3cccc1c23. The Morgan fingerprint density at radius 3 is 2.52 bits per heavy atom. The maximum atomic E-state index is 12.6. The van der Waals surface area contributed by atoms with Crippen LogP contribution in [0.5, 0.6) is 5.75 Å². The second-order valence-electron chi connectivity index (χ2n) is 6.09. The van der Waals surface area contributed by atoms with Gasteiger partial charge in [-0.1, -0.05) is 48.5 Å². The van der Waals surface area contributed by atoms with Crippen molar-refractivity contribution in [3.8, 4) is 5.75 Å². The summed E-state index contributed by atoms with van der Waals surface area (Å²) >= 11 is 0. The smallest absolute Gasteiger partial charge is 0.259 e. The van der Waals surface area contributed by atoms with E-state index in [0.29, 0.717) is 17.0 Å². The van der Waals surface area contributed by atoms with Crippen LogP contribution in [0.2, 0.25) is 0 Å². The first-order chi connectivity index (χ1) is 13.2. The van der Waals surface area contributed by atoms with Crippen LogP contribution in [0.3, 0.4) is 0 Å². The fourth-order valence-corrected chi connectivity index (χ4v) is 3.21. The van der Waals surface area contributed by atoms with Crippen molar-refractivity contribution in [1.82, 2.24) is 5.43 Å². The summed E-state index contributed by atoms with van der Waals surface area (Å²) in [5.74, 6) is 0.105. The van der Waals surface area contributed by atoms with Crippen molar-refractivity contribution < 1.29 is 14.3 Å². The molecule has 0 heterocycles. The lowest BCUT2D eigenvalue weighted by Gasteiger charge is -2.10. The summed E-state index contributed by atoms with van der Waals surface area (Å²) in [5, 5.41) is 8.95. The molecule has 0 aromatic heterocycles. The first kappa shape index (κ1) is 16.8. The molecule has 0 atom stereocenters. The zero-order valence-corrected chi connectivity index (χ0v) is 14.7. The van der Waals surface area contributed by atoms with Crippen molar-refractivity contribution >= 4 is 33.9 Å². The number of methoxy groups -OCH3 is 1. The van der Waals surface area contributed by atoms with E-state index in [-0.39, 0.29) is 23.9 Å². The molecule has 3 aromatic rings. The van der Waals surface area contributed by atoms with Gasteiger partial charge in [-0.2, -0.15) is 5.10 Å². The van der Waals surface area contributed by atoms with Crippen molar-refractivity contribution in [2.45, 2.75) is 0 Å². The van der Waals surface area contributed by atoms with Crippen molar-refractivity contribution in [2.75, 3.05) is 19.0 Å². The molecule has 4 rings (SSSR count). The van der Waals surface area contributed by atoms with Crippen LogP contribution in [0.25, 0.3) is 10.8 Å². The monoisotopic (exact) mass is 359 g/mol. The molecule has 0 saturated heterocycles. The Morgan fingerprint density at radius 2 is 1.74 bits per heavy atom. The largest absolute Gasteiger partial charge is 0.495 e. The third-order valence-electron chi connectivity index (χ3n) is 4.46. The number of benzene rings is 3. The number of carbonyl (C=O) groups is 2. The Labute approximate surface area is 155 Å². The lowest BCUT2D eigenvalue weighted by Crippen LogP contribution is -2.28. The highest BCUT2D eigenvalue weighted by molar-refractivity contribution is 6.59. The number of hydrazone groups is 1. The molecule has 0 radical (unpaired) electrons. The van der Waals surface area contributed by atoms with Gasteiger partial charge >= 0.3 is 0 Å². The summed E-state index contributed by atoms with van der Waals surface area (Å²) in [5.41, 5.74) is 4.78. The number of carbonyl (C=O) groups excluding carboxylic acids is 2. The predicted molar refractivity (Wildman–Crippen MR) is 104 cm³/mol. The van der Waals surface area contributed by atoms with E-state index in [2.05, 4.69) is 15.8 Å². The van der Waals surface area contributed by atoms with Gasteiger partial charge in [0.15, 0.2) is 0 Å². The van der Waals surface area contributed by atoms with Gasteiger partial charge in [-0.15, -0.1) is 0 Å². The van der Waals surface area contributed by atoms with E-state index < -0.39 is 0 Å². The van der Waals surface area contributed by atoms with Crippen LogP contribution in [-0.4, -0.2) is 31.1 Å². The van der Waals surface area contributed by atoms with Crippen molar-refractivity contribution in [3.63, 3.8) is 0 Å². The van der Waals surface area contributed by atoms with Gasteiger partial charge in [-0.25, -0.2) is 5.43 Å². The van der Waals surface area contributed by atoms with Crippen molar-refractivity contribution in [2.24, 2.45) is 5.10 Å². The summed E-state index contributed by atoms with van der Waals surface area (Å²) in [7, 11) is 1.57. The Balaban J connectivity index is 1.50. The standard InChI is InChI=1S/C21H17N3O3/c1-27-17-11-3-2-10-16(17)22-12-18(25)23-24-20-14-8-4-6-13-7-5-9-15(19(13)14)21(20)26/h2-11,22H,12H2,1H3,(H,23,25). The number of ketones is 1. The van der Waals surface area contributed by atoms with Gasteiger partial charge in [-0.3, -0.25) is 9.59 Å². The minimum absolute atomic E-state index is 0.00247. The molecule has 2 N–H and O–H groups in total. The molecule has 0 saturated carbocycles. The molecule has 6 heteroatoms. The number of ether oxygens (including phenoxy) is 1. The van der Waals surface area contributed by atoms with Crippen molar-refractivity contribution in [1.29, 1.82) is 0 Å². The normalized spacial score (nSPS) is 13.8. The van der Waals surface area contributed by atoms with Crippen LogP contribution in [0.1, 0.15) is 15.9 Å². The summed E-state index contributed by atoms with van der Waals surface area (Å²) in [4.78, 5) is 24.8. The van der Waals surface area contributed by atoms with E-state index in [1.165, 1.54) is 0 Å². The number of nitrogens with one attached hydrogen (secondary N) is 2. The van der Waals surface area contributed by atoms with Crippen LogP contribution in [0.4, 0.5) is 5.69 Å². The van der Waals surface area contributed by atoms with Crippen LogP contribution in [-0.2, 0) is 4.79 Å². The van der Waals surface area contributed by atoms with Crippen LogP contribution in [0.15, 0.2) is 65.8 Å². The van der Waals surface area contributed by atoms with E-state index in [9.17, 15) is 9.59 Å². The van der Waals surface area contributed by atoms with E-state index in [1.54, 1.807) is 19.2 Å². The first-order valence-electron chi connectivity index (χ1n) is 8.49. The number of Topliss-reactive ketones (excluding diaryl/α,β-unsaturated/α-hetero) is 1. The predicted octanol–water partition coefficient (Wildman–Crippen LogP) is 2.98. The molecule has 0 spiro atoms. The highest BCUT2D eigenvalue weighted by Crippen LogP contribution is 2.30. The Morgan fingerprint density at radius 1 is 1.00 bits per heavy atom. The topological polar surface area (TPSA) is 79.8 Å². The van der Waals surface area contributed by atoms with Crippen LogP contribution < -0.4 is 15.5 Å². The number of anilines is 1. The summed E-state index contributed by atoms with van der Waals surface area (Å²) in [6.07, 6.45) is 0. The van der Waals surface area contributed by atoms with Crippen LogP contribution in [0, 0.1) is 0 Å². The van der Waals surface area contributed by atoms with E-state index >= 15 is 0 Å². The molecule has 1 amide bonds. The molecule has 3 aromatic carbocycles. The molecule has 6 nitrogen and oxygen atoms in total. The minimum atomic E-state index is -0.357. The molecule has 1 aliphatic carbocycles. The maximum Gasteiger partial charge on any atom is 0.259 e. The highest BCUT2D eigenvalue weighted by atomic mass is 16.5. The van der Waals surface area contributed by atoms with E-state index in [0.717, 1.165) is 16.3 Å². The van der Waals surface area contributed by atoms with Gasteiger partial charge in [0.05, 0.1) is 19.3 Å². The third kappa shape index (κ3) is 3.01. The lowest BCUT2D eigenvalue weighted by molar-refractivity contribution is -0.119. The maximum absolute atomic E-state index is 12.6. The number of para-hydroxylation sites is 2. The fraction of sp³-hybridized carbons (Fsp3) is 0.0952. The quantitative estimate of drug-likeness (QED) is 0.687. The van der Waals surface area contributed by atoms with Gasteiger partial charge in [0.25, 0.3) is 5.91 Å². The molecule has 0 bridgehead atoms. The Hall–Kier alpha value is -3.67. The number of nitrogens with zero attached hydrogens (tertiary/aromatic N) is 1. The molecule has 0 unspecified atom stereocenters. The van der Waals surface area contributed by atoms with Gasteiger partial charge in [0.2, 0.25) is 5.78 Å². The Bertz CT molecular complexity index is 1080. The zero-order chi connectivity index (χ0) is 18.8. The molecular formula is C21H17N3O3. The molecule has 0 aliphatic heterocycles. The fourth-order valence-electron chi connectivity index (χ4n) is 3.21. The number of hydrogen-bond donors (Lipinski definition) is 2. The summed E-state index contributed by atoms with van der Waals surface area (Å²) in [6, 6.07) is 18.6. The molecule has 134 valence electrons. The molecule has 1 aliphatic rings. The lowest BCUT2D eigenvalue weighted by atomic mass is 10.1. The molecule has 27 heavy (non-hydrogen) atoms. The first-order valence-corrected chi connectivity index (χ1v) is 8.49. The second-order valence-corrected chi connectivity index (χ2v) is 6.09. The van der Waals surface area contributed by atoms with E-state index in [4.69, 9.17) is 4.74 Å². The average Bonchev–Trinajstić information content (AvgIpc) is 2.98. The van der Waals surface area contributed by atoms with Gasteiger partial charge in [0.1, 0.15) is 11.5 Å². The molecular weight excluding hydrogens is 342 g/mol. The Kier molecular flexibility index (Phi) is 4.30. The second kappa shape index (κ2) is 6.92. The summed E-state index contributed by atoms with van der Waals surface area (Å²) in [6.45, 7) is 0.00247. The van der Waals surface area contributed by atoms with Gasteiger partial charge in [0, 0.05) is 16.5 Å². The van der Waals surface area contributed by atoms with Crippen molar-refractivity contribution in [3.05, 3.63) is 71.8 Å². The minimum Gasteiger partial charge on any atom is -0.495 e.